The lowest BCUT2D eigenvalue weighted by Gasteiger charge is -2.17. The summed E-state index contributed by atoms with van der Waals surface area (Å²) in [4.78, 5) is 12.0. The monoisotopic (exact) mass is 247 g/mol. The number of nitrogens with one attached hydrogen (secondary N) is 2. The Hall–Kier alpha value is -1.55. The summed E-state index contributed by atoms with van der Waals surface area (Å²) in [6.07, 6.45) is 3.30. The van der Waals surface area contributed by atoms with Crippen molar-refractivity contribution < 1.29 is 4.79 Å². The largest absolute Gasteiger partial charge is 0.349 e. The topological polar surface area (TPSA) is 67.2 Å². The molecule has 1 atom stereocenters. The Morgan fingerprint density at radius 1 is 1.33 bits per heavy atom. The van der Waals surface area contributed by atoms with Gasteiger partial charge in [-0.05, 0) is 48.9 Å². The van der Waals surface area contributed by atoms with Gasteiger partial charge in [-0.15, -0.1) is 0 Å². The lowest BCUT2D eigenvalue weighted by atomic mass is 9.92. The number of hydrogen-bond donors (Lipinski definition) is 3. The van der Waals surface area contributed by atoms with E-state index in [9.17, 15) is 4.79 Å². The number of nitrogen functional groups attached to an aromatic ring is 1. The van der Waals surface area contributed by atoms with Crippen LogP contribution >= 0.6 is 0 Å². The van der Waals surface area contributed by atoms with Crippen LogP contribution < -0.4 is 16.6 Å². The van der Waals surface area contributed by atoms with Crippen LogP contribution in [0.15, 0.2) is 24.3 Å². The van der Waals surface area contributed by atoms with Crippen molar-refractivity contribution in [3.8, 4) is 0 Å². The lowest BCUT2D eigenvalue weighted by molar-refractivity contribution is 0.0936. The van der Waals surface area contributed by atoms with Crippen molar-refractivity contribution in [2.24, 2.45) is 11.3 Å². The van der Waals surface area contributed by atoms with E-state index in [0.717, 1.165) is 18.5 Å². The third-order valence-electron chi connectivity index (χ3n) is 3.62. The second-order valence-corrected chi connectivity index (χ2v) is 5.80. The van der Waals surface area contributed by atoms with E-state index in [1.54, 1.807) is 24.3 Å². The van der Waals surface area contributed by atoms with E-state index in [-0.39, 0.29) is 5.91 Å². The zero-order valence-electron chi connectivity index (χ0n) is 11.0. The minimum atomic E-state index is 0.00118. The molecule has 4 heteroatoms. The highest BCUT2D eigenvalue weighted by molar-refractivity contribution is 5.94. The quantitative estimate of drug-likeness (QED) is 0.567. The van der Waals surface area contributed by atoms with E-state index < -0.39 is 0 Å². The molecule has 18 heavy (non-hydrogen) atoms. The van der Waals surface area contributed by atoms with Gasteiger partial charge in [0, 0.05) is 17.3 Å². The summed E-state index contributed by atoms with van der Waals surface area (Å²) in [5.41, 5.74) is 4.38. The first-order valence-electron chi connectivity index (χ1n) is 6.38. The number of hydrazine groups is 1. The van der Waals surface area contributed by atoms with Crippen molar-refractivity contribution in [1.29, 1.82) is 0 Å². The second-order valence-electron chi connectivity index (χ2n) is 5.80. The fourth-order valence-corrected chi connectivity index (χ4v) is 2.55. The van der Waals surface area contributed by atoms with E-state index in [1.807, 2.05) is 0 Å². The zero-order valence-corrected chi connectivity index (χ0v) is 11.0. The smallest absolute Gasteiger partial charge is 0.251 e. The highest BCUT2D eigenvalue weighted by atomic mass is 16.1. The molecule has 1 saturated carbocycles. The molecule has 0 heterocycles. The molecule has 1 unspecified atom stereocenters. The minimum absolute atomic E-state index is 0.00118. The van der Waals surface area contributed by atoms with Gasteiger partial charge in [0.2, 0.25) is 0 Å². The second kappa shape index (κ2) is 4.98. The van der Waals surface area contributed by atoms with Crippen molar-refractivity contribution in [2.75, 3.05) is 5.43 Å². The van der Waals surface area contributed by atoms with E-state index in [1.165, 1.54) is 6.42 Å². The Morgan fingerprint density at radius 3 is 2.50 bits per heavy atom. The first-order valence-corrected chi connectivity index (χ1v) is 6.38. The first kappa shape index (κ1) is 12.9. The SMILES string of the molecule is CC1(C)CCC(NC(=O)c2ccc(NN)cc2)C1. The first-order chi connectivity index (χ1) is 8.50. The molecule has 1 amide bonds. The molecule has 1 fully saturated rings. The van der Waals surface area contributed by atoms with Crippen LogP contribution in [-0.4, -0.2) is 11.9 Å². The summed E-state index contributed by atoms with van der Waals surface area (Å²) in [6.45, 7) is 4.50. The van der Waals surface area contributed by atoms with Gasteiger partial charge in [0.15, 0.2) is 0 Å². The molecule has 0 saturated heterocycles. The standard InChI is InChI=1S/C14H21N3O/c1-14(2)8-7-12(9-14)16-13(18)10-3-5-11(17-15)6-4-10/h3-6,12,17H,7-9,15H2,1-2H3,(H,16,18). The molecule has 1 aromatic carbocycles. The third-order valence-corrected chi connectivity index (χ3v) is 3.62. The lowest BCUT2D eigenvalue weighted by Crippen LogP contribution is -2.33. The molecule has 98 valence electrons. The van der Waals surface area contributed by atoms with Gasteiger partial charge < -0.3 is 10.7 Å². The number of rotatable bonds is 3. The highest BCUT2D eigenvalue weighted by Gasteiger charge is 2.31. The molecule has 4 N–H and O–H groups in total. The van der Waals surface area contributed by atoms with E-state index in [2.05, 4.69) is 24.6 Å². The Morgan fingerprint density at radius 2 is 2.00 bits per heavy atom. The van der Waals surface area contributed by atoms with Crippen molar-refractivity contribution in [1.82, 2.24) is 5.32 Å². The minimum Gasteiger partial charge on any atom is -0.349 e. The Labute approximate surface area is 108 Å². The predicted octanol–water partition coefficient (Wildman–Crippen LogP) is 2.28. The normalized spacial score (nSPS) is 21.6. The van der Waals surface area contributed by atoms with Crippen LogP contribution in [0, 0.1) is 5.41 Å². The Kier molecular flexibility index (Phi) is 3.57. The van der Waals surface area contributed by atoms with Crippen molar-refractivity contribution in [2.45, 2.75) is 39.2 Å². The van der Waals surface area contributed by atoms with Gasteiger partial charge in [-0.25, -0.2) is 0 Å². The number of amides is 1. The number of anilines is 1. The van der Waals surface area contributed by atoms with Crippen molar-refractivity contribution >= 4 is 11.6 Å². The molecule has 0 bridgehead atoms. The average Bonchev–Trinajstić information content (AvgIpc) is 2.68. The van der Waals surface area contributed by atoms with Gasteiger partial charge >= 0.3 is 0 Å². The summed E-state index contributed by atoms with van der Waals surface area (Å²) < 4.78 is 0. The molecule has 1 aromatic rings. The zero-order chi connectivity index (χ0) is 13.2. The molecular weight excluding hydrogens is 226 g/mol. The van der Waals surface area contributed by atoms with E-state index in [0.29, 0.717) is 17.0 Å². The fraction of sp³-hybridized carbons (Fsp3) is 0.500. The third kappa shape index (κ3) is 3.01. The van der Waals surface area contributed by atoms with E-state index in [4.69, 9.17) is 5.84 Å². The number of carbonyl (C=O) groups excluding carboxylic acids is 1. The molecule has 0 aromatic heterocycles. The fourth-order valence-electron chi connectivity index (χ4n) is 2.55. The molecule has 2 rings (SSSR count). The van der Waals surface area contributed by atoms with Crippen LogP contribution in [0.4, 0.5) is 5.69 Å². The predicted molar refractivity (Wildman–Crippen MR) is 73.1 cm³/mol. The van der Waals surface area contributed by atoms with Crippen LogP contribution in [0.5, 0.6) is 0 Å². The van der Waals surface area contributed by atoms with Gasteiger partial charge in [-0.3, -0.25) is 10.6 Å². The number of hydrogen-bond acceptors (Lipinski definition) is 3. The average molecular weight is 247 g/mol. The van der Waals surface area contributed by atoms with Gasteiger partial charge in [0.25, 0.3) is 5.91 Å². The van der Waals surface area contributed by atoms with Crippen LogP contribution in [0.25, 0.3) is 0 Å². The summed E-state index contributed by atoms with van der Waals surface area (Å²) in [5.74, 6) is 5.29. The maximum atomic E-state index is 12.0. The van der Waals surface area contributed by atoms with Gasteiger partial charge in [-0.1, -0.05) is 13.8 Å². The number of carbonyl (C=O) groups is 1. The number of benzene rings is 1. The Balaban J connectivity index is 1.95. The summed E-state index contributed by atoms with van der Waals surface area (Å²) in [6, 6.07) is 7.47. The molecule has 0 spiro atoms. The van der Waals surface area contributed by atoms with Gasteiger partial charge in [0.1, 0.15) is 0 Å². The van der Waals surface area contributed by atoms with Crippen LogP contribution in [0.2, 0.25) is 0 Å². The van der Waals surface area contributed by atoms with Crippen LogP contribution in [0.3, 0.4) is 0 Å². The number of nitrogens with two attached hydrogens (primary N) is 1. The Bertz CT molecular complexity index is 425. The van der Waals surface area contributed by atoms with Crippen molar-refractivity contribution in [3.05, 3.63) is 29.8 Å². The van der Waals surface area contributed by atoms with Gasteiger partial charge in [-0.2, -0.15) is 0 Å². The molecule has 1 aliphatic rings. The molecule has 1 aliphatic carbocycles. The highest BCUT2D eigenvalue weighted by Crippen LogP contribution is 2.36. The summed E-state index contributed by atoms with van der Waals surface area (Å²) in [7, 11) is 0. The maximum absolute atomic E-state index is 12.0. The van der Waals surface area contributed by atoms with E-state index >= 15 is 0 Å². The molecule has 4 nitrogen and oxygen atoms in total. The maximum Gasteiger partial charge on any atom is 0.251 e. The van der Waals surface area contributed by atoms with Crippen molar-refractivity contribution in [3.63, 3.8) is 0 Å². The van der Waals surface area contributed by atoms with Crippen LogP contribution in [0.1, 0.15) is 43.5 Å². The molecular formula is C14H21N3O. The summed E-state index contributed by atoms with van der Waals surface area (Å²) in [5, 5.41) is 3.10. The van der Waals surface area contributed by atoms with Crippen LogP contribution in [-0.2, 0) is 0 Å². The molecule has 0 aliphatic heterocycles. The molecule has 0 radical (unpaired) electrons. The van der Waals surface area contributed by atoms with Gasteiger partial charge in [0.05, 0.1) is 0 Å². The summed E-state index contributed by atoms with van der Waals surface area (Å²) >= 11 is 0.